The third-order valence-corrected chi connectivity index (χ3v) is 5.35. The first-order chi connectivity index (χ1) is 13.8. The number of hydrogen-bond donors (Lipinski definition) is 0. The Hall–Kier alpha value is -3.39. The smallest absolute Gasteiger partial charge is 0.144 e. The van der Waals surface area contributed by atoms with E-state index < -0.39 is 0 Å². The zero-order valence-electron chi connectivity index (χ0n) is 15.9. The van der Waals surface area contributed by atoms with E-state index in [1.165, 1.54) is 11.1 Å². The van der Waals surface area contributed by atoms with Crippen LogP contribution in [-0.2, 0) is 0 Å². The predicted octanol–water partition coefficient (Wildman–Crippen LogP) is 7.06. The Kier molecular flexibility index (Phi) is 4.17. The molecule has 0 saturated heterocycles. The summed E-state index contributed by atoms with van der Waals surface area (Å²) in [7, 11) is 0. The molecule has 2 nitrogen and oxygen atoms in total. The molecule has 1 aliphatic rings. The number of allylic oxidation sites excluding steroid dienone is 4. The van der Waals surface area contributed by atoms with Crippen molar-refractivity contribution in [3.05, 3.63) is 96.4 Å². The molecule has 0 atom stereocenters. The molecule has 2 heteroatoms. The molecule has 0 saturated carbocycles. The summed E-state index contributed by atoms with van der Waals surface area (Å²) in [5, 5.41) is 3.33. The molecule has 0 amide bonds. The molecule has 1 heterocycles. The second kappa shape index (κ2) is 6.97. The van der Waals surface area contributed by atoms with Crippen molar-refractivity contribution in [3.8, 4) is 16.9 Å². The lowest BCUT2D eigenvalue weighted by Crippen LogP contribution is -2.01. The van der Waals surface area contributed by atoms with Crippen molar-refractivity contribution in [2.75, 3.05) is 0 Å². The largest absolute Gasteiger partial charge is 0.460 e. The number of rotatable bonds is 3. The quantitative estimate of drug-likeness (QED) is 0.364. The minimum atomic E-state index is 0.901. The molecule has 5 rings (SSSR count). The van der Waals surface area contributed by atoms with Crippen LogP contribution in [0.4, 0.5) is 0 Å². The van der Waals surface area contributed by atoms with E-state index in [9.17, 15) is 0 Å². The summed E-state index contributed by atoms with van der Waals surface area (Å²) >= 11 is 0. The number of nitrogens with zero attached hydrogens (tertiary/aromatic N) is 1. The summed E-state index contributed by atoms with van der Waals surface area (Å²) in [5.74, 6) is 1.91. The summed E-state index contributed by atoms with van der Waals surface area (Å²) < 4.78 is 6.50. The van der Waals surface area contributed by atoms with Gasteiger partial charge < -0.3 is 4.74 Å². The molecule has 28 heavy (non-hydrogen) atoms. The molecular weight excluding hydrogens is 342 g/mol. The van der Waals surface area contributed by atoms with Gasteiger partial charge in [0.1, 0.15) is 11.5 Å². The molecule has 0 radical (unpaired) electrons. The van der Waals surface area contributed by atoms with Gasteiger partial charge >= 0.3 is 0 Å². The van der Waals surface area contributed by atoms with Crippen molar-refractivity contribution >= 4 is 21.7 Å². The number of hydrogen-bond acceptors (Lipinski definition) is 2. The monoisotopic (exact) mass is 363 g/mol. The van der Waals surface area contributed by atoms with Gasteiger partial charge in [-0.25, -0.2) is 0 Å². The average Bonchev–Trinajstić information content (AvgIpc) is 2.76. The van der Waals surface area contributed by atoms with Crippen LogP contribution in [0.1, 0.15) is 19.8 Å². The highest BCUT2D eigenvalue weighted by molar-refractivity contribution is 6.15. The van der Waals surface area contributed by atoms with Crippen molar-refractivity contribution < 1.29 is 4.74 Å². The maximum absolute atomic E-state index is 6.50. The van der Waals surface area contributed by atoms with Crippen LogP contribution in [0.2, 0.25) is 0 Å². The van der Waals surface area contributed by atoms with Crippen LogP contribution < -0.4 is 4.74 Å². The van der Waals surface area contributed by atoms with E-state index in [0.29, 0.717) is 0 Å². The van der Waals surface area contributed by atoms with Gasteiger partial charge in [0.05, 0.1) is 5.52 Å². The summed E-state index contributed by atoms with van der Waals surface area (Å²) in [6.07, 6.45) is 8.08. The van der Waals surface area contributed by atoms with Gasteiger partial charge in [-0.15, -0.1) is 0 Å². The van der Waals surface area contributed by atoms with Gasteiger partial charge in [0, 0.05) is 29.0 Å². The molecule has 0 fully saturated rings. The van der Waals surface area contributed by atoms with Gasteiger partial charge in [0.15, 0.2) is 0 Å². The fraction of sp³-hybridized carbons (Fsp3) is 0.115. The van der Waals surface area contributed by atoms with Gasteiger partial charge in [0.2, 0.25) is 0 Å². The van der Waals surface area contributed by atoms with Crippen LogP contribution in [0.25, 0.3) is 32.8 Å². The van der Waals surface area contributed by atoms with Crippen LogP contribution in [0, 0.1) is 0 Å². The van der Waals surface area contributed by atoms with Crippen molar-refractivity contribution in [2.24, 2.45) is 0 Å². The minimum absolute atomic E-state index is 0.901. The predicted molar refractivity (Wildman–Crippen MR) is 116 cm³/mol. The maximum atomic E-state index is 6.50. The Morgan fingerprint density at radius 3 is 2.29 bits per heavy atom. The second-order valence-electron chi connectivity index (χ2n) is 7.26. The number of benzene rings is 3. The van der Waals surface area contributed by atoms with E-state index in [2.05, 4.69) is 73.7 Å². The molecular formula is C26H21NO. The van der Waals surface area contributed by atoms with E-state index in [1.807, 2.05) is 18.3 Å². The Morgan fingerprint density at radius 2 is 1.50 bits per heavy atom. The van der Waals surface area contributed by atoms with E-state index in [-0.39, 0.29) is 0 Å². The van der Waals surface area contributed by atoms with Crippen LogP contribution in [0.5, 0.6) is 5.75 Å². The fourth-order valence-corrected chi connectivity index (χ4v) is 3.90. The van der Waals surface area contributed by atoms with Crippen molar-refractivity contribution in [3.63, 3.8) is 0 Å². The lowest BCUT2D eigenvalue weighted by Gasteiger charge is -2.19. The average molecular weight is 363 g/mol. The zero-order valence-corrected chi connectivity index (χ0v) is 15.9. The van der Waals surface area contributed by atoms with Gasteiger partial charge in [0.25, 0.3) is 0 Å². The van der Waals surface area contributed by atoms with Gasteiger partial charge in [-0.2, -0.15) is 0 Å². The van der Waals surface area contributed by atoms with Crippen LogP contribution in [-0.4, -0.2) is 4.98 Å². The first kappa shape index (κ1) is 16.8. The zero-order chi connectivity index (χ0) is 18.9. The Labute approximate surface area is 164 Å². The standard InChI is InChI=1S/C26H21NO/c1-18-13-15-20(16-14-18)28-26-22-11-6-5-10-21(22)24(19-8-3-2-4-9-19)25-23(26)12-7-17-27-25/h2-13,15,17H,14,16H2,1H3. The van der Waals surface area contributed by atoms with Gasteiger partial charge in [-0.3, -0.25) is 4.98 Å². The molecule has 4 aromatic rings. The normalized spacial score (nSPS) is 14.0. The van der Waals surface area contributed by atoms with E-state index in [1.54, 1.807) is 0 Å². The van der Waals surface area contributed by atoms with Crippen molar-refractivity contribution in [1.29, 1.82) is 0 Å². The van der Waals surface area contributed by atoms with E-state index in [4.69, 9.17) is 9.72 Å². The lowest BCUT2D eigenvalue weighted by molar-refractivity contribution is 0.409. The molecule has 0 unspecified atom stereocenters. The first-order valence-corrected chi connectivity index (χ1v) is 9.70. The Balaban J connectivity index is 1.82. The maximum Gasteiger partial charge on any atom is 0.144 e. The molecule has 3 aromatic carbocycles. The topological polar surface area (TPSA) is 22.1 Å². The van der Waals surface area contributed by atoms with Gasteiger partial charge in [-0.05, 0) is 42.5 Å². The number of ether oxygens (including phenoxy) is 1. The molecule has 1 aromatic heterocycles. The van der Waals surface area contributed by atoms with Crippen LogP contribution >= 0.6 is 0 Å². The minimum Gasteiger partial charge on any atom is -0.460 e. The van der Waals surface area contributed by atoms with Crippen LogP contribution in [0.3, 0.4) is 0 Å². The second-order valence-corrected chi connectivity index (χ2v) is 7.26. The SMILES string of the molecule is CC1=CC=C(Oc2c3ccccc3c(-c3ccccc3)c3ncccc23)CC1. The molecule has 0 aliphatic heterocycles. The molecule has 0 N–H and O–H groups in total. The third-order valence-electron chi connectivity index (χ3n) is 5.35. The number of pyridine rings is 1. The van der Waals surface area contributed by atoms with Crippen molar-refractivity contribution in [1.82, 2.24) is 4.98 Å². The number of fused-ring (bicyclic) bond motifs is 2. The molecule has 136 valence electrons. The first-order valence-electron chi connectivity index (χ1n) is 9.70. The Morgan fingerprint density at radius 1 is 0.750 bits per heavy atom. The highest BCUT2D eigenvalue weighted by Gasteiger charge is 2.18. The van der Waals surface area contributed by atoms with E-state index >= 15 is 0 Å². The number of aromatic nitrogens is 1. The summed E-state index contributed by atoms with van der Waals surface area (Å²) in [6, 6.07) is 23.1. The third kappa shape index (κ3) is 2.87. The Bertz CT molecular complexity index is 1180. The highest BCUT2D eigenvalue weighted by atomic mass is 16.5. The summed E-state index contributed by atoms with van der Waals surface area (Å²) in [4.78, 5) is 4.76. The molecule has 1 aliphatic carbocycles. The molecule has 0 spiro atoms. The lowest BCUT2D eigenvalue weighted by atomic mass is 9.94. The van der Waals surface area contributed by atoms with E-state index in [0.717, 1.165) is 51.6 Å². The summed E-state index contributed by atoms with van der Waals surface area (Å²) in [5.41, 5.74) is 4.70. The summed E-state index contributed by atoms with van der Waals surface area (Å²) in [6.45, 7) is 2.16. The fourth-order valence-electron chi connectivity index (χ4n) is 3.90. The van der Waals surface area contributed by atoms with Gasteiger partial charge in [-0.1, -0.05) is 66.2 Å². The highest BCUT2D eigenvalue weighted by Crippen LogP contribution is 2.43. The van der Waals surface area contributed by atoms with Crippen LogP contribution in [0.15, 0.2) is 96.4 Å². The van der Waals surface area contributed by atoms with Crippen molar-refractivity contribution in [2.45, 2.75) is 19.8 Å². The molecule has 0 bridgehead atoms.